The van der Waals surface area contributed by atoms with Crippen LogP contribution >= 0.6 is 0 Å². The lowest BCUT2D eigenvalue weighted by Gasteiger charge is -2.27. The molecule has 1 aromatic carbocycles. The second-order valence-corrected chi connectivity index (χ2v) is 7.54. The molecule has 1 aliphatic rings. The Hall–Kier alpha value is -2.04. The minimum Gasteiger partial charge on any atom is -0.352 e. The second-order valence-electron chi connectivity index (χ2n) is 5.80. The van der Waals surface area contributed by atoms with Gasteiger partial charge in [0.25, 0.3) is 0 Å². The van der Waals surface area contributed by atoms with Gasteiger partial charge < -0.3 is 14.2 Å². The van der Waals surface area contributed by atoms with Crippen LogP contribution in [0.5, 0.6) is 0 Å². The molecule has 140 valence electrons. The average molecular weight is 379 g/mol. The van der Waals surface area contributed by atoms with Crippen molar-refractivity contribution in [3.05, 3.63) is 48.7 Å². The number of nitrogens with zero attached hydrogens (tertiary/aromatic N) is 2. The third-order valence-corrected chi connectivity index (χ3v) is 5.44. The molecule has 2 aromatic rings. The monoisotopic (exact) mass is 379 g/mol. The molecule has 1 aliphatic heterocycles. The van der Waals surface area contributed by atoms with Crippen molar-refractivity contribution in [2.24, 2.45) is 7.05 Å². The highest BCUT2D eigenvalue weighted by atomic mass is 32.2. The van der Waals surface area contributed by atoms with Crippen LogP contribution in [0.1, 0.15) is 0 Å². The van der Waals surface area contributed by atoms with E-state index in [0.717, 1.165) is 0 Å². The van der Waals surface area contributed by atoms with Crippen LogP contribution in [0.25, 0.3) is 11.3 Å². The van der Waals surface area contributed by atoms with Gasteiger partial charge >= 0.3 is 0 Å². The first-order valence-electron chi connectivity index (χ1n) is 7.93. The largest absolute Gasteiger partial charge is 0.352 e. The first kappa shape index (κ1) is 18.7. The summed E-state index contributed by atoms with van der Waals surface area (Å²) in [7, 11) is 0.762. The van der Waals surface area contributed by atoms with Crippen LogP contribution in [0.15, 0.2) is 53.6 Å². The molecule has 0 radical (unpaired) electrons. The number of hydrogen-bond acceptors (Lipinski definition) is 6. The second kappa shape index (κ2) is 7.29. The number of nitrogens with one attached hydrogen (secondary N) is 1. The highest BCUT2D eigenvalue weighted by Crippen LogP contribution is 2.27. The van der Waals surface area contributed by atoms with Gasteiger partial charge in [0.1, 0.15) is 10.6 Å². The van der Waals surface area contributed by atoms with Crippen LogP contribution < -0.4 is 4.72 Å². The maximum absolute atomic E-state index is 12.9. The number of ether oxygens (including phenoxy) is 3. The molecule has 2 atom stereocenters. The maximum Gasteiger partial charge on any atom is 0.244 e. The Morgan fingerprint density at radius 2 is 2.04 bits per heavy atom. The van der Waals surface area contributed by atoms with Crippen LogP contribution in [0, 0.1) is 0 Å². The SMILES string of the molecule is COC1C=CC(CNS(=O)(=O)c2cn(C)nc2-c2ccccc2)(OC)O1. The summed E-state index contributed by atoms with van der Waals surface area (Å²) in [4.78, 5) is 0.0859. The van der Waals surface area contributed by atoms with Gasteiger partial charge in [0.15, 0.2) is 6.29 Å². The molecule has 0 saturated heterocycles. The Morgan fingerprint density at radius 3 is 2.65 bits per heavy atom. The van der Waals surface area contributed by atoms with Crippen molar-refractivity contribution in [3.63, 3.8) is 0 Å². The Kier molecular flexibility index (Phi) is 5.26. The Balaban J connectivity index is 1.85. The summed E-state index contributed by atoms with van der Waals surface area (Å²) in [6.45, 7) is -0.106. The molecule has 1 N–H and O–H groups in total. The fraction of sp³-hybridized carbons (Fsp3) is 0.353. The molecular weight excluding hydrogens is 358 g/mol. The van der Waals surface area contributed by atoms with Crippen LogP contribution in [0.4, 0.5) is 0 Å². The van der Waals surface area contributed by atoms with Crippen LogP contribution in [-0.4, -0.2) is 51.0 Å². The van der Waals surface area contributed by atoms with Crippen molar-refractivity contribution in [3.8, 4) is 11.3 Å². The molecule has 2 unspecified atom stereocenters. The minimum absolute atomic E-state index is 0.0859. The fourth-order valence-corrected chi connectivity index (χ4v) is 3.90. The quantitative estimate of drug-likeness (QED) is 0.729. The van der Waals surface area contributed by atoms with E-state index in [1.165, 1.54) is 25.1 Å². The molecule has 9 heteroatoms. The van der Waals surface area contributed by atoms with Gasteiger partial charge in [-0.2, -0.15) is 5.10 Å². The molecule has 0 amide bonds. The predicted octanol–water partition coefficient (Wildman–Crippen LogP) is 1.27. The smallest absolute Gasteiger partial charge is 0.244 e. The first-order valence-corrected chi connectivity index (χ1v) is 9.41. The van der Waals surface area contributed by atoms with Crippen LogP contribution in [0.3, 0.4) is 0 Å². The summed E-state index contributed by atoms with van der Waals surface area (Å²) >= 11 is 0. The number of hydrogen-bond donors (Lipinski definition) is 1. The van der Waals surface area contributed by atoms with Gasteiger partial charge in [-0.3, -0.25) is 4.68 Å². The molecule has 0 spiro atoms. The van der Waals surface area contributed by atoms with E-state index in [4.69, 9.17) is 14.2 Å². The van der Waals surface area contributed by atoms with E-state index in [2.05, 4.69) is 9.82 Å². The lowest BCUT2D eigenvalue weighted by Crippen LogP contribution is -2.44. The topological polar surface area (TPSA) is 91.7 Å². The number of aryl methyl sites for hydroxylation is 1. The van der Waals surface area contributed by atoms with Crippen molar-refractivity contribution < 1.29 is 22.6 Å². The predicted molar refractivity (Wildman–Crippen MR) is 94.6 cm³/mol. The van der Waals surface area contributed by atoms with Gasteiger partial charge in [-0.15, -0.1) is 0 Å². The van der Waals surface area contributed by atoms with E-state index in [-0.39, 0.29) is 11.4 Å². The Morgan fingerprint density at radius 1 is 1.31 bits per heavy atom. The van der Waals surface area contributed by atoms with E-state index >= 15 is 0 Å². The highest BCUT2D eigenvalue weighted by molar-refractivity contribution is 7.89. The molecule has 1 aromatic heterocycles. The molecule has 0 fully saturated rings. The van der Waals surface area contributed by atoms with Crippen molar-refractivity contribution in [1.82, 2.24) is 14.5 Å². The standard InChI is InChI=1S/C17H21N3O5S/c1-20-11-14(16(19-20)13-7-5-4-6-8-13)26(21,22)18-12-17(24-3)10-9-15(23-2)25-17/h4-11,15,18H,12H2,1-3H3. The number of methoxy groups -OCH3 is 2. The third-order valence-electron chi connectivity index (χ3n) is 4.04. The fourth-order valence-electron chi connectivity index (χ4n) is 2.65. The zero-order valence-corrected chi connectivity index (χ0v) is 15.6. The average Bonchev–Trinajstić information content (AvgIpc) is 3.25. The zero-order valence-electron chi connectivity index (χ0n) is 14.7. The summed E-state index contributed by atoms with van der Waals surface area (Å²) in [5, 5.41) is 4.29. The van der Waals surface area contributed by atoms with Gasteiger partial charge in [-0.25, -0.2) is 13.1 Å². The summed E-state index contributed by atoms with van der Waals surface area (Å²) in [5.74, 6) is -1.22. The van der Waals surface area contributed by atoms with E-state index in [9.17, 15) is 8.42 Å². The summed E-state index contributed by atoms with van der Waals surface area (Å²) in [6, 6.07) is 9.14. The number of aromatic nitrogens is 2. The van der Waals surface area contributed by atoms with E-state index < -0.39 is 22.1 Å². The molecule has 3 rings (SSSR count). The van der Waals surface area contributed by atoms with Crippen molar-refractivity contribution in [2.45, 2.75) is 17.0 Å². The zero-order chi connectivity index (χ0) is 18.8. The van der Waals surface area contributed by atoms with E-state index in [1.54, 1.807) is 19.2 Å². The van der Waals surface area contributed by atoms with Gasteiger partial charge in [0, 0.05) is 33.0 Å². The van der Waals surface area contributed by atoms with Crippen LogP contribution in [-0.2, 0) is 31.3 Å². The lowest BCUT2D eigenvalue weighted by atomic mass is 10.2. The first-order chi connectivity index (χ1) is 12.4. The number of rotatable bonds is 7. The summed E-state index contributed by atoms with van der Waals surface area (Å²) in [5.41, 5.74) is 1.09. The molecule has 0 saturated carbocycles. The van der Waals surface area contributed by atoms with Gasteiger partial charge in [-0.05, 0) is 12.2 Å². The van der Waals surface area contributed by atoms with Gasteiger partial charge in [0.2, 0.25) is 15.8 Å². The molecule has 26 heavy (non-hydrogen) atoms. The van der Waals surface area contributed by atoms with Crippen LogP contribution in [0.2, 0.25) is 0 Å². The number of sulfonamides is 1. The molecule has 0 aliphatic carbocycles. The Bertz CT molecular complexity index is 894. The minimum atomic E-state index is -3.85. The molecule has 8 nitrogen and oxygen atoms in total. The van der Waals surface area contributed by atoms with Crippen molar-refractivity contribution in [2.75, 3.05) is 20.8 Å². The maximum atomic E-state index is 12.9. The van der Waals surface area contributed by atoms with Gasteiger partial charge in [0.05, 0.1) is 6.54 Å². The number of benzene rings is 1. The van der Waals surface area contributed by atoms with Crippen molar-refractivity contribution >= 4 is 10.0 Å². The molecule has 2 heterocycles. The molecule has 0 bridgehead atoms. The van der Waals surface area contributed by atoms with E-state index in [0.29, 0.717) is 11.3 Å². The Labute approximate surface area is 152 Å². The third kappa shape index (κ3) is 3.71. The summed E-state index contributed by atoms with van der Waals surface area (Å²) in [6.07, 6.45) is 4.17. The van der Waals surface area contributed by atoms with E-state index in [1.807, 2.05) is 30.3 Å². The highest BCUT2D eigenvalue weighted by Gasteiger charge is 2.37. The normalized spacial score (nSPS) is 22.8. The van der Waals surface area contributed by atoms with Crippen molar-refractivity contribution in [1.29, 1.82) is 0 Å². The molecular formula is C17H21N3O5S. The lowest BCUT2D eigenvalue weighted by molar-refractivity contribution is -0.237. The summed E-state index contributed by atoms with van der Waals surface area (Å²) < 4.78 is 45.8. The van der Waals surface area contributed by atoms with Gasteiger partial charge in [-0.1, -0.05) is 30.3 Å².